The summed E-state index contributed by atoms with van der Waals surface area (Å²) >= 11 is 3.77. The van der Waals surface area contributed by atoms with E-state index in [4.69, 9.17) is 0 Å². The number of carbonyl (C=O) groups is 1. The highest BCUT2D eigenvalue weighted by molar-refractivity contribution is 9.09. The van der Waals surface area contributed by atoms with Crippen LogP contribution in [0.15, 0.2) is 29.2 Å². The fourth-order valence-electron chi connectivity index (χ4n) is 4.38. The lowest BCUT2D eigenvalue weighted by atomic mass is 9.75. The van der Waals surface area contributed by atoms with Crippen molar-refractivity contribution in [2.24, 2.45) is 11.8 Å². The topological polar surface area (TPSA) is 54.5 Å². The number of benzene rings is 1. The summed E-state index contributed by atoms with van der Waals surface area (Å²) in [4.78, 5) is 13.1. The van der Waals surface area contributed by atoms with Crippen LogP contribution in [0.25, 0.3) is 0 Å². The van der Waals surface area contributed by atoms with E-state index in [1.165, 1.54) is 4.31 Å². The lowest BCUT2D eigenvalue weighted by Gasteiger charge is -2.50. The Morgan fingerprint density at radius 3 is 2.40 bits per heavy atom. The molecule has 0 radical (unpaired) electrons. The van der Waals surface area contributed by atoms with Gasteiger partial charge in [-0.15, -0.1) is 0 Å². The molecule has 2 fully saturated rings. The molecule has 1 saturated carbocycles. The van der Waals surface area contributed by atoms with Gasteiger partial charge in [-0.2, -0.15) is 4.31 Å². The van der Waals surface area contributed by atoms with E-state index in [0.29, 0.717) is 31.2 Å². The molecule has 0 unspecified atom stereocenters. The quantitative estimate of drug-likeness (QED) is 0.686. The van der Waals surface area contributed by atoms with Crippen molar-refractivity contribution in [3.63, 3.8) is 0 Å². The number of aryl methyl sites for hydroxylation is 1. The molecule has 2 aliphatic rings. The van der Waals surface area contributed by atoms with Crippen molar-refractivity contribution in [3.8, 4) is 0 Å². The zero-order chi connectivity index (χ0) is 18.4. The Kier molecular flexibility index (Phi) is 5.17. The molecule has 1 spiro atoms. The molecule has 6 heteroatoms. The molecular formula is C19H26BrNO3S. The maximum absolute atomic E-state index is 13.4. The van der Waals surface area contributed by atoms with Crippen molar-refractivity contribution in [1.82, 2.24) is 4.31 Å². The minimum atomic E-state index is -3.70. The highest BCUT2D eigenvalue weighted by atomic mass is 79.9. The zero-order valence-corrected chi connectivity index (χ0v) is 17.4. The first-order valence-electron chi connectivity index (χ1n) is 8.98. The minimum absolute atomic E-state index is 0.0652. The number of carbonyl (C=O) groups excluding carboxylic acids is 1. The van der Waals surface area contributed by atoms with Crippen LogP contribution in [0.5, 0.6) is 0 Å². The molecule has 0 aromatic heterocycles. The second-order valence-electron chi connectivity index (χ2n) is 7.69. The second-order valence-corrected chi connectivity index (χ2v) is 10.5. The summed E-state index contributed by atoms with van der Waals surface area (Å²) in [5.41, 5.74) is 0.0826. The van der Waals surface area contributed by atoms with Gasteiger partial charge in [0, 0.05) is 17.8 Å². The van der Waals surface area contributed by atoms with Crippen molar-refractivity contribution in [3.05, 3.63) is 29.8 Å². The lowest BCUT2D eigenvalue weighted by Crippen LogP contribution is -2.65. The fraction of sp³-hybridized carbons (Fsp3) is 0.632. The van der Waals surface area contributed by atoms with Crippen molar-refractivity contribution in [2.45, 2.75) is 61.7 Å². The first-order valence-corrected chi connectivity index (χ1v) is 11.3. The monoisotopic (exact) mass is 427 g/mol. The highest BCUT2D eigenvalue weighted by Gasteiger charge is 2.59. The molecule has 1 aromatic carbocycles. The van der Waals surface area contributed by atoms with Gasteiger partial charge in [0.25, 0.3) is 0 Å². The number of alkyl halides is 1. The third kappa shape index (κ3) is 3.00. The van der Waals surface area contributed by atoms with Crippen molar-refractivity contribution in [1.29, 1.82) is 0 Å². The summed E-state index contributed by atoms with van der Waals surface area (Å²) in [6.45, 7) is 6.64. The maximum atomic E-state index is 13.4. The SMILES string of the molecule is Cc1ccc(S(=O)(=O)N2CC[C@@H](C(C)C)[C@@H](Br)[C@]23CCCC3=O)cc1. The Morgan fingerprint density at radius 2 is 1.88 bits per heavy atom. The largest absolute Gasteiger partial charge is 0.298 e. The molecule has 1 aromatic rings. The van der Waals surface area contributed by atoms with Gasteiger partial charge in [-0.1, -0.05) is 47.5 Å². The van der Waals surface area contributed by atoms with Crippen LogP contribution in [-0.2, 0) is 14.8 Å². The number of rotatable bonds is 3. The number of nitrogens with zero attached hydrogens (tertiary/aromatic N) is 1. The average molecular weight is 428 g/mol. The molecule has 1 heterocycles. The van der Waals surface area contributed by atoms with Gasteiger partial charge in [-0.05, 0) is 50.2 Å². The van der Waals surface area contributed by atoms with Crippen LogP contribution in [-0.4, -0.2) is 35.4 Å². The van der Waals surface area contributed by atoms with Gasteiger partial charge in [0.05, 0.1) is 4.90 Å². The Hall–Kier alpha value is -0.720. The Morgan fingerprint density at radius 1 is 1.24 bits per heavy atom. The Labute approximate surface area is 159 Å². The predicted octanol–water partition coefficient (Wildman–Crippen LogP) is 3.92. The smallest absolute Gasteiger partial charge is 0.244 e. The molecule has 25 heavy (non-hydrogen) atoms. The maximum Gasteiger partial charge on any atom is 0.244 e. The molecule has 4 nitrogen and oxygen atoms in total. The van der Waals surface area contributed by atoms with E-state index in [2.05, 4.69) is 29.8 Å². The van der Waals surface area contributed by atoms with Crippen LogP contribution in [0, 0.1) is 18.8 Å². The first-order chi connectivity index (χ1) is 11.7. The standard InChI is InChI=1S/C19H26BrNO3S/c1-13(2)16-10-12-21(19(18(16)20)11-4-5-17(19)22)25(23,24)15-8-6-14(3)7-9-15/h6-9,13,16,18H,4-5,10-12H2,1-3H3/t16-,18+,19+/m0/s1. The number of sulfonamides is 1. The molecule has 0 amide bonds. The van der Waals surface area contributed by atoms with E-state index in [1.807, 2.05) is 19.1 Å². The molecule has 3 atom stereocenters. The van der Waals surface area contributed by atoms with Gasteiger partial charge < -0.3 is 0 Å². The summed E-state index contributed by atoms with van der Waals surface area (Å²) in [6.07, 6.45) is 2.60. The first kappa shape index (κ1) is 19.1. The molecule has 3 rings (SSSR count). The number of piperidine rings is 1. The zero-order valence-electron chi connectivity index (χ0n) is 15.0. The van der Waals surface area contributed by atoms with E-state index >= 15 is 0 Å². The van der Waals surface area contributed by atoms with Gasteiger partial charge in [-0.25, -0.2) is 8.42 Å². The van der Waals surface area contributed by atoms with Crippen molar-refractivity contribution >= 4 is 31.7 Å². The minimum Gasteiger partial charge on any atom is -0.298 e. The third-order valence-corrected chi connectivity index (χ3v) is 9.25. The number of Topliss-reactive ketones (excluding diaryl/α,β-unsaturated/α-hetero) is 1. The van der Waals surface area contributed by atoms with Gasteiger partial charge in [0.15, 0.2) is 5.78 Å². The van der Waals surface area contributed by atoms with Crippen LogP contribution in [0.4, 0.5) is 0 Å². The van der Waals surface area contributed by atoms with Crippen molar-refractivity contribution < 1.29 is 13.2 Å². The summed E-state index contributed by atoms with van der Waals surface area (Å²) in [5, 5.41) is 0. The van der Waals surface area contributed by atoms with E-state index in [9.17, 15) is 13.2 Å². The lowest BCUT2D eigenvalue weighted by molar-refractivity contribution is -0.127. The van der Waals surface area contributed by atoms with E-state index in [0.717, 1.165) is 18.4 Å². The van der Waals surface area contributed by atoms with Crippen LogP contribution < -0.4 is 0 Å². The number of hydrogen-bond donors (Lipinski definition) is 0. The second kappa shape index (κ2) is 6.78. The average Bonchev–Trinajstić information content (AvgIpc) is 2.92. The van der Waals surface area contributed by atoms with Crippen LogP contribution >= 0.6 is 15.9 Å². The molecule has 1 saturated heterocycles. The highest BCUT2D eigenvalue weighted by Crippen LogP contribution is 2.49. The van der Waals surface area contributed by atoms with E-state index < -0.39 is 15.6 Å². The van der Waals surface area contributed by atoms with Crippen molar-refractivity contribution in [2.75, 3.05) is 6.54 Å². The number of hydrogen-bond acceptors (Lipinski definition) is 3. The predicted molar refractivity (Wildman–Crippen MR) is 102 cm³/mol. The molecule has 1 aliphatic carbocycles. The Bertz CT molecular complexity index is 759. The van der Waals surface area contributed by atoms with Crippen LogP contribution in [0.2, 0.25) is 0 Å². The number of halogens is 1. The van der Waals surface area contributed by atoms with Crippen LogP contribution in [0.1, 0.15) is 45.1 Å². The van der Waals surface area contributed by atoms with Gasteiger partial charge >= 0.3 is 0 Å². The summed E-state index contributed by atoms with van der Waals surface area (Å²) in [6, 6.07) is 6.91. The number of ketones is 1. The van der Waals surface area contributed by atoms with Crippen LogP contribution in [0.3, 0.4) is 0 Å². The van der Waals surface area contributed by atoms with E-state index in [1.54, 1.807) is 12.1 Å². The van der Waals surface area contributed by atoms with Gasteiger partial charge in [0.2, 0.25) is 10.0 Å². The van der Waals surface area contributed by atoms with E-state index in [-0.39, 0.29) is 15.5 Å². The third-order valence-electron chi connectivity index (χ3n) is 5.85. The Balaban J connectivity index is 2.08. The summed E-state index contributed by atoms with van der Waals surface area (Å²) in [5.74, 6) is 0.765. The molecule has 138 valence electrons. The normalized spacial score (nSPS) is 31.2. The van der Waals surface area contributed by atoms with Gasteiger partial charge in [0.1, 0.15) is 5.54 Å². The molecular weight excluding hydrogens is 402 g/mol. The molecule has 1 aliphatic heterocycles. The summed E-state index contributed by atoms with van der Waals surface area (Å²) < 4.78 is 28.3. The summed E-state index contributed by atoms with van der Waals surface area (Å²) in [7, 11) is -3.70. The molecule has 0 N–H and O–H groups in total. The molecule has 0 bridgehead atoms. The van der Waals surface area contributed by atoms with Gasteiger partial charge in [-0.3, -0.25) is 4.79 Å². The fourth-order valence-corrected chi connectivity index (χ4v) is 7.93.